The van der Waals surface area contributed by atoms with E-state index in [9.17, 15) is 0 Å². The molecule has 0 aromatic carbocycles. The van der Waals surface area contributed by atoms with Crippen LogP contribution in [0.5, 0.6) is 0 Å². The first kappa shape index (κ1) is 5.43. The third kappa shape index (κ3) is 1.72. The number of rotatable bonds is 0. The normalized spacial score (nSPS) is 7.50. The molecule has 0 bridgehead atoms. The topological polar surface area (TPSA) is 60.7 Å². The van der Waals surface area contributed by atoms with E-state index in [-0.39, 0.29) is 0 Å². The van der Waals surface area contributed by atoms with Gasteiger partial charge in [0.05, 0.1) is 0 Å². The van der Waals surface area contributed by atoms with Crippen LogP contribution in [0, 0.1) is 0 Å². The molecule has 0 saturated carbocycles. The zero-order valence-electron chi connectivity index (χ0n) is 2.72. The summed E-state index contributed by atoms with van der Waals surface area (Å²) in [5.74, 6) is -1.25. The van der Waals surface area contributed by atoms with E-state index in [4.69, 9.17) is 15.3 Å². The molecule has 0 radical (unpaired) electrons. The number of halogens is 1. The third-order valence-corrected chi connectivity index (χ3v) is 0.354. The van der Waals surface area contributed by atoms with Crippen molar-refractivity contribution in [3.8, 4) is 0 Å². The first-order valence-corrected chi connectivity index (χ1v) is 1.49. The zero-order valence-corrected chi connectivity index (χ0v) is 3.48. The van der Waals surface area contributed by atoms with E-state index in [0.717, 1.165) is 0 Å². The van der Waals surface area contributed by atoms with Crippen molar-refractivity contribution in [2.24, 2.45) is 0 Å². The maximum Gasteiger partial charge on any atom is 0.331 e. The van der Waals surface area contributed by atoms with Crippen molar-refractivity contribution in [2.75, 3.05) is 0 Å². The molecular weight excluding hydrogens is 107 g/mol. The molecule has 0 heterocycles. The Morgan fingerprint density at radius 1 is 1.17 bits per heavy atom. The summed E-state index contributed by atoms with van der Waals surface area (Å²) >= 11 is 4.55. The summed E-state index contributed by atoms with van der Waals surface area (Å²) < 4.78 is 0. The van der Waals surface area contributed by atoms with Crippen LogP contribution in [0.15, 0.2) is 11.2 Å². The van der Waals surface area contributed by atoms with Crippen molar-refractivity contribution >= 4 is 11.6 Å². The van der Waals surface area contributed by atoms with E-state index in [1.165, 1.54) is 0 Å². The summed E-state index contributed by atoms with van der Waals surface area (Å²) in [6.07, 6.45) is 0. The van der Waals surface area contributed by atoms with Gasteiger partial charge in [-0.15, -0.1) is 0 Å². The Morgan fingerprint density at radius 3 is 1.33 bits per heavy atom. The minimum atomic E-state index is -1.25. The van der Waals surface area contributed by atoms with Gasteiger partial charge in [0.25, 0.3) is 5.22 Å². The lowest BCUT2D eigenvalue weighted by molar-refractivity contribution is 0.167. The molecule has 0 aliphatic rings. The van der Waals surface area contributed by atoms with Gasteiger partial charge in [-0.1, -0.05) is 0 Å². The van der Waals surface area contributed by atoms with Gasteiger partial charge in [0, 0.05) is 0 Å². The third-order valence-electron chi connectivity index (χ3n) is 0.185. The second-order valence-electron chi connectivity index (χ2n) is 0.614. The van der Waals surface area contributed by atoms with E-state index < -0.39 is 11.2 Å². The van der Waals surface area contributed by atoms with Crippen LogP contribution in [0.2, 0.25) is 0 Å². The van der Waals surface area contributed by atoms with Gasteiger partial charge in [0.2, 0.25) is 0 Å². The second kappa shape index (κ2) is 1.77. The molecule has 0 aliphatic carbocycles. The van der Waals surface area contributed by atoms with Gasteiger partial charge in [-0.2, -0.15) is 0 Å². The quantitative estimate of drug-likeness (QED) is 0.408. The fourth-order valence-electron chi connectivity index (χ4n) is 0. The molecule has 6 heavy (non-hydrogen) atoms. The Morgan fingerprint density at radius 2 is 1.33 bits per heavy atom. The lowest BCUT2D eigenvalue weighted by atomic mass is 11.0. The molecule has 0 spiro atoms. The van der Waals surface area contributed by atoms with Crippen LogP contribution in [-0.4, -0.2) is 15.3 Å². The monoisotopic (exact) mass is 110 g/mol. The van der Waals surface area contributed by atoms with Crippen LogP contribution < -0.4 is 0 Å². The van der Waals surface area contributed by atoms with Gasteiger partial charge in [0.15, 0.2) is 0 Å². The van der Waals surface area contributed by atoms with E-state index in [2.05, 4.69) is 11.6 Å². The van der Waals surface area contributed by atoms with Crippen molar-refractivity contribution in [3.05, 3.63) is 11.2 Å². The van der Waals surface area contributed by atoms with Gasteiger partial charge in [-0.05, 0) is 11.6 Å². The molecular formula is C2H3ClO3. The van der Waals surface area contributed by atoms with E-state index in [1.54, 1.807) is 0 Å². The fraction of sp³-hybridized carbons (Fsp3) is 0. The summed E-state index contributed by atoms with van der Waals surface area (Å²) in [5.41, 5.74) is 0. The fourth-order valence-corrected chi connectivity index (χ4v) is 0. The highest BCUT2D eigenvalue weighted by atomic mass is 35.5. The van der Waals surface area contributed by atoms with Crippen molar-refractivity contribution < 1.29 is 15.3 Å². The largest absolute Gasteiger partial charge is 0.494 e. The smallest absolute Gasteiger partial charge is 0.331 e. The van der Waals surface area contributed by atoms with Crippen molar-refractivity contribution in [2.45, 2.75) is 0 Å². The predicted molar refractivity (Wildman–Crippen MR) is 20.8 cm³/mol. The van der Waals surface area contributed by atoms with Gasteiger partial charge in [-0.3, -0.25) is 0 Å². The van der Waals surface area contributed by atoms with Crippen molar-refractivity contribution in [3.63, 3.8) is 0 Å². The van der Waals surface area contributed by atoms with Crippen LogP contribution in [-0.2, 0) is 0 Å². The van der Waals surface area contributed by atoms with E-state index in [0.29, 0.717) is 0 Å². The van der Waals surface area contributed by atoms with Gasteiger partial charge in [0.1, 0.15) is 0 Å². The second-order valence-corrected chi connectivity index (χ2v) is 0.972. The van der Waals surface area contributed by atoms with Gasteiger partial charge in [-0.25, -0.2) is 0 Å². The molecule has 0 saturated heterocycles. The minimum Gasteiger partial charge on any atom is -0.494 e. The molecule has 0 aromatic heterocycles. The van der Waals surface area contributed by atoms with Crippen LogP contribution >= 0.6 is 11.6 Å². The summed E-state index contributed by atoms with van der Waals surface area (Å²) in [5, 5.41) is 22.1. The average Bonchev–Trinajstić information content (AvgIpc) is 1.36. The number of aliphatic hydroxyl groups excluding tert-OH is 2. The Bertz CT molecular complexity index is 58.9. The Hall–Kier alpha value is -0.570. The lowest BCUT2D eigenvalue weighted by Crippen LogP contribution is -1.78. The summed E-state index contributed by atoms with van der Waals surface area (Å²) in [6.45, 7) is 0. The van der Waals surface area contributed by atoms with Gasteiger partial charge < -0.3 is 15.3 Å². The van der Waals surface area contributed by atoms with Crippen LogP contribution in [0.1, 0.15) is 0 Å². The molecule has 0 unspecified atom stereocenters. The standard InChI is InChI=1S/C2H3ClO3/c3-1(4)2(5)6/h4-6H. The Balaban J connectivity index is 3.68. The maximum absolute atomic E-state index is 7.77. The first-order chi connectivity index (χ1) is 2.64. The summed E-state index contributed by atoms with van der Waals surface area (Å²) in [7, 11) is 0. The molecule has 0 aliphatic heterocycles. The molecule has 0 atom stereocenters. The number of hydrogen-bond donors (Lipinski definition) is 3. The van der Waals surface area contributed by atoms with Crippen LogP contribution in [0.25, 0.3) is 0 Å². The van der Waals surface area contributed by atoms with Crippen molar-refractivity contribution in [1.82, 2.24) is 0 Å². The molecule has 0 amide bonds. The summed E-state index contributed by atoms with van der Waals surface area (Å²) in [4.78, 5) is 0. The molecule has 0 rings (SSSR count). The lowest BCUT2D eigenvalue weighted by Gasteiger charge is -1.82. The van der Waals surface area contributed by atoms with Crippen molar-refractivity contribution in [1.29, 1.82) is 0 Å². The van der Waals surface area contributed by atoms with Crippen LogP contribution in [0.4, 0.5) is 0 Å². The van der Waals surface area contributed by atoms with Crippen LogP contribution in [0.3, 0.4) is 0 Å². The first-order valence-electron chi connectivity index (χ1n) is 1.11. The Kier molecular flexibility index (Phi) is 1.60. The highest BCUT2D eigenvalue weighted by Crippen LogP contribution is 1.95. The predicted octanol–water partition coefficient (Wildman–Crippen LogP) is 1.03. The Labute approximate surface area is 39.1 Å². The van der Waals surface area contributed by atoms with E-state index >= 15 is 0 Å². The van der Waals surface area contributed by atoms with Gasteiger partial charge >= 0.3 is 5.95 Å². The summed E-state index contributed by atoms with van der Waals surface area (Å²) in [6, 6.07) is 0. The highest BCUT2D eigenvalue weighted by Gasteiger charge is 1.90. The molecule has 3 N–H and O–H groups in total. The molecule has 3 nitrogen and oxygen atoms in total. The molecule has 0 fully saturated rings. The van der Waals surface area contributed by atoms with E-state index in [1.807, 2.05) is 0 Å². The highest BCUT2D eigenvalue weighted by molar-refractivity contribution is 6.28. The minimum absolute atomic E-state index is 0.991. The number of hydrogen-bond acceptors (Lipinski definition) is 3. The zero-order chi connectivity index (χ0) is 5.15. The average molecular weight is 110 g/mol. The molecule has 0 aromatic rings. The maximum atomic E-state index is 7.77. The number of aliphatic hydroxyl groups is 3. The molecule has 36 valence electrons. The SMILES string of the molecule is OC(O)=C(O)Cl. The molecule has 4 heteroatoms.